The van der Waals surface area contributed by atoms with Gasteiger partial charge in [0, 0.05) is 0 Å². The van der Waals surface area contributed by atoms with Gasteiger partial charge >= 0.3 is 5.97 Å². The van der Waals surface area contributed by atoms with Gasteiger partial charge in [-0.2, -0.15) is 0 Å². The quantitative estimate of drug-likeness (QED) is 0.404. The van der Waals surface area contributed by atoms with Crippen molar-refractivity contribution in [3.8, 4) is 0 Å². The van der Waals surface area contributed by atoms with Gasteiger partial charge in [0.1, 0.15) is 11.8 Å². The van der Waals surface area contributed by atoms with Crippen LogP contribution in [0.1, 0.15) is 0 Å². The lowest BCUT2D eigenvalue weighted by molar-refractivity contribution is -0.129. The third-order valence-electron chi connectivity index (χ3n) is 0.668. The molecule has 0 aliphatic rings. The standard InChI is InChI=1S/C4H5N2O3/c5-2(1-7)3(6)4(8)9/h2,6H,5H2,(H,8,9)/t2-/m1/s1. The van der Waals surface area contributed by atoms with Gasteiger partial charge in [-0.1, -0.05) is 0 Å². The molecular weight excluding hydrogens is 124 g/mol. The zero-order valence-electron chi connectivity index (χ0n) is 4.42. The van der Waals surface area contributed by atoms with Crippen molar-refractivity contribution >= 4 is 18.0 Å². The monoisotopic (exact) mass is 129 g/mol. The van der Waals surface area contributed by atoms with Gasteiger partial charge in [-0.25, -0.2) is 4.79 Å². The molecule has 0 bridgehead atoms. The van der Waals surface area contributed by atoms with Crippen molar-refractivity contribution in [2.24, 2.45) is 5.73 Å². The molecule has 0 amide bonds. The zero-order valence-corrected chi connectivity index (χ0v) is 4.42. The van der Waals surface area contributed by atoms with Crippen LogP contribution in [0.3, 0.4) is 0 Å². The summed E-state index contributed by atoms with van der Waals surface area (Å²) in [5, 5.41) is 14.6. The molecule has 5 heteroatoms. The lowest BCUT2D eigenvalue weighted by Gasteiger charge is -1.96. The molecular formula is C4H5N2O3. The van der Waals surface area contributed by atoms with Gasteiger partial charge in [-0.05, 0) is 0 Å². The fourth-order valence-corrected chi connectivity index (χ4v) is 0.192. The molecule has 1 radical (unpaired) electrons. The van der Waals surface area contributed by atoms with Gasteiger partial charge in [-0.15, -0.1) is 0 Å². The van der Waals surface area contributed by atoms with E-state index in [-0.39, 0.29) is 0 Å². The van der Waals surface area contributed by atoms with Crippen LogP contribution in [0.2, 0.25) is 0 Å². The summed E-state index contributed by atoms with van der Waals surface area (Å²) in [6, 6.07) is -1.43. The summed E-state index contributed by atoms with van der Waals surface area (Å²) in [6.45, 7) is 0. The SMILES string of the molecule is N=C(C(=O)O)[C@H](N)[C]=O. The highest BCUT2D eigenvalue weighted by Gasteiger charge is 2.15. The van der Waals surface area contributed by atoms with Crippen LogP contribution in [0.4, 0.5) is 0 Å². The zero-order chi connectivity index (χ0) is 7.44. The van der Waals surface area contributed by atoms with Crippen molar-refractivity contribution in [3.05, 3.63) is 0 Å². The highest BCUT2D eigenvalue weighted by Crippen LogP contribution is 1.76. The Balaban J connectivity index is 4.03. The smallest absolute Gasteiger partial charge is 0.351 e. The molecule has 0 aliphatic heterocycles. The number of aliphatic carboxylic acids is 1. The molecule has 0 aliphatic carbocycles. The second-order valence-electron chi connectivity index (χ2n) is 1.31. The minimum absolute atomic E-state index is 0.843. The number of hydrogen-bond acceptors (Lipinski definition) is 4. The van der Waals surface area contributed by atoms with Gasteiger partial charge < -0.3 is 10.8 Å². The van der Waals surface area contributed by atoms with E-state index in [1.54, 1.807) is 0 Å². The van der Waals surface area contributed by atoms with E-state index >= 15 is 0 Å². The number of nitrogens with one attached hydrogen (secondary N) is 1. The van der Waals surface area contributed by atoms with Crippen LogP contribution in [-0.2, 0) is 9.59 Å². The van der Waals surface area contributed by atoms with Crippen molar-refractivity contribution in [2.75, 3.05) is 0 Å². The number of carboxylic acids is 1. The topological polar surface area (TPSA) is 104 Å². The van der Waals surface area contributed by atoms with Gasteiger partial charge in [0.15, 0.2) is 0 Å². The molecule has 49 valence electrons. The third kappa shape index (κ3) is 2.00. The molecule has 0 fully saturated rings. The van der Waals surface area contributed by atoms with Crippen molar-refractivity contribution in [1.29, 1.82) is 5.41 Å². The molecule has 0 saturated carbocycles. The first kappa shape index (κ1) is 7.77. The Morgan fingerprint density at radius 2 is 2.22 bits per heavy atom. The summed E-state index contributed by atoms with van der Waals surface area (Å²) in [6.07, 6.45) is 1.17. The predicted molar refractivity (Wildman–Crippen MR) is 29.0 cm³/mol. The third-order valence-corrected chi connectivity index (χ3v) is 0.668. The van der Waals surface area contributed by atoms with E-state index in [4.69, 9.17) is 16.2 Å². The maximum Gasteiger partial charge on any atom is 0.351 e. The van der Waals surface area contributed by atoms with E-state index in [9.17, 15) is 9.59 Å². The first-order valence-corrected chi connectivity index (χ1v) is 2.04. The molecule has 0 rings (SSSR count). The number of rotatable bonds is 3. The van der Waals surface area contributed by atoms with E-state index in [0.717, 1.165) is 0 Å². The molecule has 9 heavy (non-hydrogen) atoms. The fourth-order valence-electron chi connectivity index (χ4n) is 0.192. The number of carboxylic acid groups (broad SMARTS) is 1. The van der Waals surface area contributed by atoms with Crippen LogP contribution >= 0.6 is 0 Å². The van der Waals surface area contributed by atoms with E-state index < -0.39 is 17.7 Å². The summed E-state index contributed by atoms with van der Waals surface area (Å²) in [4.78, 5) is 19.4. The van der Waals surface area contributed by atoms with Crippen LogP contribution < -0.4 is 5.73 Å². The maximum atomic E-state index is 9.82. The van der Waals surface area contributed by atoms with E-state index in [1.165, 1.54) is 6.29 Å². The number of carbonyl (C=O) groups is 1. The van der Waals surface area contributed by atoms with E-state index in [0.29, 0.717) is 0 Å². The van der Waals surface area contributed by atoms with Crippen LogP contribution in [0.5, 0.6) is 0 Å². The Bertz CT molecular complexity index is 154. The van der Waals surface area contributed by atoms with E-state index in [1.807, 2.05) is 0 Å². The molecule has 0 aromatic heterocycles. The minimum atomic E-state index is -1.49. The number of carbonyl (C=O) groups excluding carboxylic acids is 1. The Morgan fingerprint density at radius 3 is 2.33 bits per heavy atom. The molecule has 0 spiro atoms. The molecule has 0 aromatic carbocycles. The first-order valence-electron chi connectivity index (χ1n) is 2.04. The van der Waals surface area contributed by atoms with Crippen LogP contribution in [-0.4, -0.2) is 29.1 Å². The highest BCUT2D eigenvalue weighted by molar-refractivity contribution is 6.39. The molecule has 0 heterocycles. The summed E-state index contributed by atoms with van der Waals surface area (Å²) in [7, 11) is 0. The maximum absolute atomic E-state index is 9.82. The molecule has 0 aromatic rings. The van der Waals surface area contributed by atoms with Crippen molar-refractivity contribution in [1.82, 2.24) is 0 Å². The normalized spacial score (nSPS) is 12.1. The summed E-state index contributed by atoms with van der Waals surface area (Å²) in [5.74, 6) is -1.49. The van der Waals surface area contributed by atoms with Crippen LogP contribution in [0.15, 0.2) is 0 Å². The van der Waals surface area contributed by atoms with Crippen molar-refractivity contribution in [2.45, 2.75) is 6.04 Å². The second kappa shape index (κ2) is 2.93. The molecule has 4 N–H and O–H groups in total. The van der Waals surface area contributed by atoms with E-state index in [2.05, 4.69) is 0 Å². The fraction of sp³-hybridized carbons (Fsp3) is 0.250. The number of hydrogen-bond donors (Lipinski definition) is 3. The summed E-state index contributed by atoms with van der Waals surface area (Å²) >= 11 is 0. The minimum Gasteiger partial charge on any atom is -0.477 e. The predicted octanol–water partition coefficient (Wildman–Crippen LogP) is -1.47. The number of nitrogens with two attached hydrogens (primary N) is 1. The largest absolute Gasteiger partial charge is 0.477 e. The lowest BCUT2D eigenvalue weighted by Crippen LogP contribution is -2.36. The molecule has 5 nitrogen and oxygen atoms in total. The Kier molecular flexibility index (Phi) is 2.53. The molecule has 0 saturated heterocycles. The average molecular weight is 129 g/mol. The van der Waals surface area contributed by atoms with Crippen LogP contribution in [0.25, 0.3) is 0 Å². The first-order chi connectivity index (χ1) is 4.09. The molecule has 0 unspecified atom stereocenters. The second-order valence-corrected chi connectivity index (χ2v) is 1.31. The van der Waals surface area contributed by atoms with Crippen molar-refractivity contribution in [3.63, 3.8) is 0 Å². The van der Waals surface area contributed by atoms with Gasteiger partial charge in [0.2, 0.25) is 6.29 Å². The molecule has 1 atom stereocenters. The van der Waals surface area contributed by atoms with Gasteiger partial charge in [-0.3, -0.25) is 10.2 Å². The Morgan fingerprint density at radius 1 is 1.78 bits per heavy atom. The summed E-state index contributed by atoms with van der Waals surface area (Å²) in [5.41, 5.74) is 3.95. The lowest BCUT2D eigenvalue weighted by atomic mass is 10.2. The Labute approximate surface area is 51.0 Å². The Hall–Kier alpha value is -1.23. The van der Waals surface area contributed by atoms with Gasteiger partial charge in [0.25, 0.3) is 0 Å². The highest BCUT2D eigenvalue weighted by atomic mass is 16.4. The van der Waals surface area contributed by atoms with Gasteiger partial charge in [0.05, 0.1) is 0 Å². The van der Waals surface area contributed by atoms with Crippen molar-refractivity contribution < 1.29 is 14.7 Å². The van der Waals surface area contributed by atoms with Crippen LogP contribution in [0, 0.1) is 5.41 Å². The average Bonchev–Trinajstić information content (AvgIpc) is 1.84. The summed E-state index contributed by atoms with van der Waals surface area (Å²) < 4.78 is 0.